The molecule has 0 aromatic heterocycles. The molecule has 0 spiro atoms. The van der Waals surface area contributed by atoms with Crippen LogP contribution in [-0.2, 0) is 0 Å². The molecule has 0 heterocycles. The van der Waals surface area contributed by atoms with E-state index in [1.807, 2.05) is 0 Å². The van der Waals surface area contributed by atoms with Crippen molar-refractivity contribution in [2.45, 2.75) is 46.5 Å². The maximum Gasteiger partial charge on any atom is -0.0274 e. The molecule has 0 fully saturated rings. The normalized spacial score (nSPS) is 19.7. The van der Waals surface area contributed by atoms with Gasteiger partial charge in [-0.2, -0.15) is 0 Å². The number of rotatable bonds is 2. The van der Waals surface area contributed by atoms with Crippen molar-refractivity contribution in [1.82, 2.24) is 0 Å². The van der Waals surface area contributed by atoms with Crippen molar-refractivity contribution in [2.75, 3.05) is 0 Å². The maximum atomic E-state index is 2.34. The molecule has 62 valence electrons. The predicted molar refractivity (Wildman–Crippen MR) is 50.6 cm³/mol. The number of hydrogen-bond acceptors (Lipinski definition) is 0. The second-order valence-corrected chi connectivity index (χ2v) is 3.41. The molecule has 0 saturated carbocycles. The third-order valence-electron chi connectivity index (χ3n) is 2.48. The Morgan fingerprint density at radius 1 is 1.45 bits per heavy atom. The van der Waals surface area contributed by atoms with E-state index in [9.17, 15) is 0 Å². The van der Waals surface area contributed by atoms with Crippen LogP contribution in [0.2, 0.25) is 0 Å². The minimum Gasteiger partial charge on any atom is -0.0816 e. The molecular weight excluding hydrogens is 132 g/mol. The van der Waals surface area contributed by atoms with E-state index in [2.05, 4.69) is 26.8 Å². The number of hydrogen-bond donors (Lipinski definition) is 0. The van der Waals surface area contributed by atoms with Gasteiger partial charge in [-0.05, 0) is 45.1 Å². The van der Waals surface area contributed by atoms with Gasteiger partial charge >= 0.3 is 0 Å². The maximum absolute atomic E-state index is 2.34. The highest BCUT2D eigenvalue weighted by Gasteiger charge is 2.10. The highest BCUT2D eigenvalue weighted by molar-refractivity contribution is 5.35. The molecule has 0 unspecified atom stereocenters. The molecule has 11 heavy (non-hydrogen) atoms. The van der Waals surface area contributed by atoms with Crippen molar-refractivity contribution in [3.05, 3.63) is 22.8 Å². The first-order valence-corrected chi connectivity index (χ1v) is 4.61. The Hall–Kier alpha value is -0.520. The van der Waals surface area contributed by atoms with E-state index < -0.39 is 0 Å². The fourth-order valence-electron chi connectivity index (χ4n) is 1.86. The summed E-state index contributed by atoms with van der Waals surface area (Å²) in [5.74, 6) is 0. The van der Waals surface area contributed by atoms with Crippen LogP contribution in [0, 0.1) is 0 Å². The topological polar surface area (TPSA) is 0 Å². The van der Waals surface area contributed by atoms with Gasteiger partial charge in [-0.3, -0.25) is 0 Å². The third kappa shape index (κ3) is 1.95. The van der Waals surface area contributed by atoms with Gasteiger partial charge in [0.2, 0.25) is 0 Å². The molecule has 0 N–H and O–H groups in total. The Labute approximate surface area is 70.0 Å². The molecule has 0 bridgehead atoms. The van der Waals surface area contributed by atoms with Crippen molar-refractivity contribution in [3.8, 4) is 0 Å². The molecule has 0 amide bonds. The average molecular weight is 150 g/mol. The van der Waals surface area contributed by atoms with Gasteiger partial charge in [0.1, 0.15) is 0 Å². The minimum absolute atomic E-state index is 1.17. The fourth-order valence-corrected chi connectivity index (χ4v) is 1.86. The zero-order valence-electron chi connectivity index (χ0n) is 7.91. The summed E-state index contributed by atoms with van der Waals surface area (Å²) in [5.41, 5.74) is 4.77. The molecule has 1 rings (SSSR count). The van der Waals surface area contributed by atoms with Gasteiger partial charge in [-0.25, -0.2) is 0 Å². The van der Waals surface area contributed by atoms with E-state index in [4.69, 9.17) is 0 Å². The Morgan fingerprint density at radius 3 is 2.64 bits per heavy atom. The minimum atomic E-state index is 1.17. The average Bonchev–Trinajstić information content (AvgIpc) is 2.36. The molecule has 0 aromatic rings. The van der Waals surface area contributed by atoms with Crippen LogP contribution in [0.1, 0.15) is 46.5 Å². The van der Waals surface area contributed by atoms with Crippen LogP contribution in [0.25, 0.3) is 0 Å². The molecule has 1 aliphatic rings. The lowest BCUT2D eigenvalue weighted by molar-refractivity contribution is 0.894. The zero-order valence-corrected chi connectivity index (χ0v) is 7.91. The first-order chi connectivity index (χ1) is 5.25. The Kier molecular flexibility index (Phi) is 2.92. The fraction of sp³-hybridized carbons (Fsp3) is 0.636. The highest BCUT2D eigenvalue weighted by Crippen LogP contribution is 2.30. The van der Waals surface area contributed by atoms with E-state index in [1.54, 1.807) is 11.1 Å². The van der Waals surface area contributed by atoms with Crippen LogP contribution in [0.4, 0.5) is 0 Å². The van der Waals surface area contributed by atoms with Crippen LogP contribution in [-0.4, -0.2) is 0 Å². The van der Waals surface area contributed by atoms with E-state index in [0.29, 0.717) is 0 Å². The van der Waals surface area contributed by atoms with Gasteiger partial charge in [-0.15, -0.1) is 0 Å². The smallest absolute Gasteiger partial charge is 0.0274 e. The van der Waals surface area contributed by atoms with Crippen LogP contribution >= 0.6 is 0 Å². The SMILES string of the molecule is CCC=C(C)C1=C(C)CCC1. The first kappa shape index (κ1) is 8.58. The summed E-state index contributed by atoms with van der Waals surface area (Å²) in [7, 11) is 0. The second kappa shape index (κ2) is 3.75. The van der Waals surface area contributed by atoms with Gasteiger partial charge in [-0.1, -0.05) is 24.1 Å². The van der Waals surface area contributed by atoms with Gasteiger partial charge < -0.3 is 0 Å². The first-order valence-electron chi connectivity index (χ1n) is 4.61. The molecular formula is C11H18. The predicted octanol–water partition coefficient (Wildman–Crippen LogP) is 3.84. The van der Waals surface area contributed by atoms with Crippen LogP contribution in [0.5, 0.6) is 0 Å². The molecule has 0 saturated heterocycles. The Bertz CT molecular complexity index is 194. The number of allylic oxidation sites excluding steroid dienone is 4. The molecule has 0 aromatic carbocycles. The standard InChI is InChI=1S/C11H18/c1-4-6-9(2)11-8-5-7-10(11)3/h6H,4-5,7-8H2,1-3H3. The van der Waals surface area contributed by atoms with Gasteiger partial charge in [0.25, 0.3) is 0 Å². The molecule has 0 radical (unpaired) electrons. The highest BCUT2D eigenvalue weighted by atomic mass is 14.2. The largest absolute Gasteiger partial charge is 0.0816 e. The van der Waals surface area contributed by atoms with Gasteiger partial charge in [0.15, 0.2) is 0 Å². The Morgan fingerprint density at radius 2 is 2.18 bits per heavy atom. The van der Waals surface area contributed by atoms with Gasteiger partial charge in [0, 0.05) is 0 Å². The van der Waals surface area contributed by atoms with E-state index in [-0.39, 0.29) is 0 Å². The molecule has 1 aliphatic carbocycles. The van der Waals surface area contributed by atoms with Crippen molar-refractivity contribution < 1.29 is 0 Å². The van der Waals surface area contributed by atoms with Crippen LogP contribution in [0.15, 0.2) is 22.8 Å². The van der Waals surface area contributed by atoms with E-state index >= 15 is 0 Å². The summed E-state index contributed by atoms with van der Waals surface area (Å²) in [6.45, 7) is 6.72. The lowest BCUT2D eigenvalue weighted by Gasteiger charge is -2.02. The summed E-state index contributed by atoms with van der Waals surface area (Å²) in [6.07, 6.45) is 7.52. The summed E-state index contributed by atoms with van der Waals surface area (Å²) >= 11 is 0. The molecule has 0 aliphatic heterocycles. The van der Waals surface area contributed by atoms with Crippen molar-refractivity contribution in [3.63, 3.8) is 0 Å². The summed E-state index contributed by atoms with van der Waals surface area (Å²) < 4.78 is 0. The van der Waals surface area contributed by atoms with Crippen molar-refractivity contribution in [2.24, 2.45) is 0 Å². The third-order valence-corrected chi connectivity index (χ3v) is 2.48. The Balaban J connectivity index is 2.73. The quantitative estimate of drug-likeness (QED) is 0.561. The molecule has 0 heteroatoms. The van der Waals surface area contributed by atoms with Crippen LogP contribution < -0.4 is 0 Å². The van der Waals surface area contributed by atoms with Crippen LogP contribution in [0.3, 0.4) is 0 Å². The summed E-state index contributed by atoms with van der Waals surface area (Å²) in [4.78, 5) is 0. The van der Waals surface area contributed by atoms with Crippen molar-refractivity contribution in [1.29, 1.82) is 0 Å². The monoisotopic (exact) mass is 150 g/mol. The van der Waals surface area contributed by atoms with E-state index in [0.717, 1.165) is 0 Å². The van der Waals surface area contributed by atoms with Gasteiger partial charge in [0.05, 0.1) is 0 Å². The van der Waals surface area contributed by atoms with Crippen molar-refractivity contribution >= 4 is 0 Å². The summed E-state index contributed by atoms with van der Waals surface area (Å²) in [6, 6.07) is 0. The lowest BCUT2D eigenvalue weighted by atomic mass is 10.0. The van der Waals surface area contributed by atoms with E-state index in [1.165, 1.54) is 31.3 Å². The summed E-state index contributed by atoms with van der Waals surface area (Å²) in [5, 5.41) is 0. The zero-order chi connectivity index (χ0) is 8.27. The molecule has 0 nitrogen and oxygen atoms in total. The second-order valence-electron chi connectivity index (χ2n) is 3.41. The molecule has 0 atom stereocenters. The lowest BCUT2D eigenvalue weighted by Crippen LogP contribution is -1.82.